The molecule has 1 N–H and O–H groups in total. The van der Waals surface area contributed by atoms with Crippen molar-refractivity contribution in [3.63, 3.8) is 0 Å². The second kappa shape index (κ2) is 11.7. The van der Waals surface area contributed by atoms with E-state index in [0.717, 1.165) is 32.7 Å². The van der Waals surface area contributed by atoms with E-state index < -0.39 is 12.1 Å². The van der Waals surface area contributed by atoms with Gasteiger partial charge in [0.1, 0.15) is 0 Å². The summed E-state index contributed by atoms with van der Waals surface area (Å²) in [7, 11) is 1.65. The van der Waals surface area contributed by atoms with Crippen molar-refractivity contribution in [2.45, 2.75) is 32.0 Å². The van der Waals surface area contributed by atoms with E-state index in [1.165, 1.54) is 29.5 Å². The average Bonchev–Trinajstić information content (AvgIpc) is 2.82. The first kappa shape index (κ1) is 26.7. The Kier molecular flexibility index (Phi) is 8.91. The van der Waals surface area contributed by atoms with Crippen molar-refractivity contribution in [3.05, 3.63) is 60.2 Å². The van der Waals surface area contributed by atoms with Gasteiger partial charge in [0.25, 0.3) is 0 Å². The molecular weight excluding hydrogens is 461 g/mol. The third-order valence-corrected chi connectivity index (χ3v) is 6.55. The van der Waals surface area contributed by atoms with Crippen LogP contribution in [0.4, 0.5) is 13.2 Å². The lowest BCUT2D eigenvalue weighted by Gasteiger charge is -2.54. The number of amides is 1. The van der Waals surface area contributed by atoms with Gasteiger partial charge >= 0.3 is 12.1 Å². The summed E-state index contributed by atoms with van der Waals surface area (Å²) in [5.41, 5.74) is 4.29. The van der Waals surface area contributed by atoms with Crippen molar-refractivity contribution < 1.29 is 32.6 Å². The maximum Gasteiger partial charge on any atom is 0.490 e. The van der Waals surface area contributed by atoms with E-state index in [1.807, 2.05) is 4.90 Å². The first-order valence-corrected chi connectivity index (χ1v) is 11.6. The highest BCUT2D eigenvalue weighted by Crippen LogP contribution is 2.41. The van der Waals surface area contributed by atoms with Crippen LogP contribution in [0.1, 0.15) is 24.8 Å². The zero-order valence-corrected chi connectivity index (χ0v) is 19.8. The summed E-state index contributed by atoms with van der Waals surface area (Å²) in [5.74, 6) is -2.51. The maximum atomic E-state index is 12.1. The van der Waals surface area contributed by atoms with Gasteiger partial charge in [0.05, 0.1) is 13.0 Å². The van der Waals surface area contributed by atoms with Crippen LogP contribution in [0.2, 0.25) is 0 Å². The van der Waals surface area contributed by atoms with Crippen molar-refractivity contribution in [3.8, 4) is 11.1 Å². The molecule has 190 valence electrons. The van der Waals surface area contributed by atoms with Crippen LogP contribution in [0.3, 0.4) is 0 Å². The number of aliphatic carboxylic acids is 1. The van der Waals surface area contributed by atoms with E-state index in [0.29, 0.717) is 18.4 Å². The normalized spacial score (nSPS) is 17.3. The van der Waals surface area contributed by atoms with Crippen molar-refractivity contribution in [2.75, 3.05) is 39.9 Å². The standard InChI is InChI=1S/C24H30N2O2.C2HF3O2/c1-28-16-11-23(27)26-18-24(19-26)12-14-25(15-13-24)17-20-7-9-22(10-8-20)21-5-3-2-4-6-21;3-2(4,5)1(6)7/h2-10H,11-19H2,1H3;(H,6,7). The quantitative estimate of drug-likeness (QED) is 0.646. The summed E-state index contributed by atoms with van der Waals surface area (Å²) in [4.78, 5) is 25.5. The summed E-state index contributed by atoms with van der Waals surface area (Å²) < 4.78 is 36.8. The van der Waals surface area contributed by atoms with Gasteiger partial charge in [0.2, 0.25) is 5.91 Å². The van der Waals surface area contributed by atoms with Crippen LogP contribution in [-0.2, 0) is 20.9 Å². The van der Waals surface area contributed by atoms with E-state index in [1.54, 1.807) is 7.11 Å². The van der Waals surface area contributed by atoms with Gasteiger partial charge in [-0.05, 0) is 42.6 Å². The molecule has 2 aliphatic heterocycles. The van der Waals surface area contributed by atoms with E-state index >= 15 is 0 Å². The van der Waals surface area contributed by atoms with Crippen molar-refractivity contribution in [1.82, 2.24) is 9.80 Å². The van der Waals surface area contributed by atoms with E-state index in [-0.39, 0.29) is 5.91 Å². The number of halogens is 3. The molecule has 0 aliphatic carbocycles. The third kappa shape index (κ3) is 7.53. The number of carboxylic acid groups (broad SMARTS) is 1. The first-order chi connectivity index (χ1) is 16.6. The molecule has 0 atom stereocenters. The highest BCUT2D eigenvalue weighted by atomic mass is 19.4. The van der Waals surface area contributed by atoms with Gasteiger partial charge in [-0.15, -0.1) is 0 Å². The fourth-order valence-corrected chi connectivity index (χ4v) is 4.48. The number of piperidine rings is 1. The van der Waals surface area contributed by atoms with Gasteiger partial charge in [-0.3, -0.25) is 9.69 Å². The summed E-state index contributed by atoms with van der Waals surface area (Å²) in [5, 5.41) is 7.12. The summed E-state index contributed by atoms with van der Waals surface area (Å²) >= 11 is 0. The number of rotatable bonds is 6. The number of nitrogens with zero attached hydrogens (tertiary/aromatic N) is 2. The zero-order valence-electron chi connectivity index (χ0n) is 19.8. The highest BCUT2D eigenvalue weighted by molar-refractivity contribution is 5.77. The average molecular weight is 493 g/mol. The number of carbonyl (C=O) groups is 2. The Morgan fingerprint density at radius 2 is 1.51 bits per heavy atom. The Labute approximate surface area is 203 Å². The van der Waals surface area contributed by atoms with Crippen molar-refractivity contribution in [1.29, 1.82) is 0 Å². The number of methoxy groups -OCH3 is 1. The van der Waals surface area contributed by atoms with Crippen LogP contribution in [0.15, 0.2) is 54.6 Å². The molecule has 35 heavy (non-hydrogen) atoms. The fourth-order valence-electron chi connectivity index (χ4n) is 4.48. The van der Waals surface area contributed by atoms with Crippen molar-refractivity contribution >= 4 is 11.9 Å². The molecule has 4 rings (SSSR count). The lowest BCUT2D eigenvalue weighted by molar-refractivity contribution is -0.192. The molecule has 2 aliphatic rings. The van der Waals surface area contributed by atoms with Gasteiger partial charge < -0.3 is 14.7 Å². The van der Waals surface area contributed by atoms with Crippen LogP contribution in [-0.4, -0.2) is 72.9 Å². The molecule has 2 saturated heterocycles. The van der Waals surface area contributed by atoms with Gasteiger partial charge in [-0.1, -0.05) is 54.6 Å². The molecule has 2 fully saturated rings. The fraction of sp³-hybridized carbons (Fsp3) is 0.462. The topological polar surface area (TPSA) is 70.1 Å². The Bertz CT molecular complexity index is 964. The van der Waals surface area contributed by atoms with Gasteiger partial charge in [-0.2, -0.15) is 13.2 Å². The molecule has 1 amide bonds. The van der Waals surface area contributed by atoms with Crippen LogP contribution in [0.5, 0.6) is 0 Å². The molecule has 9 heteroatoms. The van der Waals surface area contributed by atoms with Gasteiger partial charge in [0, 0.05) is 32.2 Å². The highest BCUT2D eigenvalue weighted by Gasteiger charge is 2.46. The molecular formula is C26H31F3N2O4. The minimum atomic E-state index is -5.08. The number of hydrogen-bond donors (Lipinski definition) is 1. The predicted octanol–water partition coefficient (Wildman–Crippen LogP) is 4.45. The van der Waals surface area contributed by atoms with Gasteiger partial charge in [-0.25, -0.2) is 4.79 Å². The first-order valence-electron chi connectivity index (χ1n) is 11.6. The maximum absolute atomic E-state index is 12.1. The molecule has 1 spiro atoms. The summed E-state index contributed by atoms with van der Waals surface area (Å²) in [6.45, 7) is 5.67. The number of carbonyl (C=O) groups excluding carboxylic acids is 1. The predicted molar refractivity (Wildman–Crippen MR) is 126 cm³/mol. The number of benzene rings is 2. The molecule has 0 saturated carbocycles. The minimum absolute atomic E-state index is 0.244. The number of alkyl halides is 3. The zero-order chi connectivity index (χ0) is 25.5. The summed E-state index contributed by atoms with van der Waals surface area (Å²) in [6.07, 6.45) is -2.18. The van der Waals surface area contributed by atoms with Crippen LogP contribution in [0.25, 0.3) is 11.1 Å². The third-order valence-electron chi connectivity index (χ3n) is 6.55. The molecule has 2 aromatic rings. The molecule has 2 aromatic carbocycles. The number of likely N-dealkylation sites (tertiary alicyclic amines) is 2. The molecule has 6 nitrogen and oxygen atoms in total. The van der Waals surface area contributed by atoms with E-state index in [4.69, 9.17) is 14.6 Å². The largest absolute Gasteiger partial charge is 0.490 e. The molecule has 2 heterocycles. The van der Waals surface area contributed by atoms with Gasteiger partial charge in [0.15, 0.2) is 0 Å². The van der Waals surface area contributed by atoms with Crippen LogP contribution in [0, 0.1) is 5.41 Å². The lowest BCUT2D eigenvalue weighted by atomic mass is 9.72. The molecule has 0 unspecified atom stereocenters. The Morgan fingerprint density at radius 3 is 2.03 bits per heavy atom. The van der Waals surface area contributed by atoms with E-state index in [9.17, 15) is 18.0 Å². The number of ether oxygens (including phenoxy) is 1. The lowest BCUT2D eigenvalue weighted by Crippen LogP contribution is -2.61. The van der Waals surface area contributed by atoms with Crippen LogP contribution >= 0.6 is 0 Å². The number of carboxylic acids is 1. The Hall–Kier alpha value is -2.91. The van der Waals surface area contributed by atoms with Crippen LogP contribution < -0.4 is 0 Å². The number of hydrogen-bond acceptors (Lipinski definition) is 4. The SMILES string of the molecule is COCCC(=O)N1CC2(CCN(Cc3ccc(-c4ccccc4)cc3)CC2)C1.O=C(O)C(F)(F)F. The monoisotopic (exact) mass is 492 g/mol. The minimum Gasteiger partial charge on any atom is -0.475 e. The summed E-state index contributed by atoms with van der Waals surface area (Å²) in [6, 6.07) is 19.5. The second-order valence-corrected chi connectivity index (χ2v) is 9.13. The molecule has 0 aromatic heterocycles. The van der Waals surface area contributed by atoms with E-state index in [2.05, 4.69) is 59.5 Å². The molecule has 0 radical (unpaired) electrons. The van der Waals surface area contributed by atoms with Crippen molar-refractivity contribution in [2.24, 2.45) is 5.41 Å². The smallest absolute Gasteiger partial charge is 0.475 e. The second-order valence-electron chi connectivity index (χ2n) is 9.13. The Morgan fingerprint density at radius 1 is 0.971 bits per heavy atom. The molecule has 0 bridgehead atoms. The Balaban J connectivity index is 0.000000429.